The maximum atomic E-state index is 10.5. The minimum absolute atomic E-state index is 0.0511. The third-order valence-corrected chi connectivity index (χ3v) is 2.43. The van der Waals surface area contributed by atoms with Crippen LogP contribution in [-0.2, 0) is 0 Å². The summed E-state index contributed by atoms with van der Waals surface area (Å²) >= 11 is 0. The Hall–Kier alpha value is -1.62. The van der Waals surface area contributed by atoms with Crippen LogP contribution in [0.25, 0.3) is 0 Å². The summed E-state index contributed by atoms with van der Waals surface area (Å²) in [6, 6.07) is 7.12. The molecule has 0 aromatic heterocycles. The summed E-state index contributed by atoms with van der Waals surface area (Å²) in [6.45, 7) is -0.211. The molecular formula is C11H15NO4. The van der Waals surface area contributed by atoms with E-state index in [1.54, 1.807) is 31.4 Å². The fourth-order valence-electron chi connectivity index (χ4n) is 1.58. The second kappa shape index (κ2) is 6.07. The molecule has 0 heterocycles. The molecule has 1 rings (SSSR count). The number of aliphatic hydroxyl groups is 1. The number of benzene rings is 1. The van der Waals surface area contributed by atoms with Gasteiger partial charge >= 0.3 is 0 Å². The molecule has 0 aliphatic heterocycles. The standard InChI is InChI=1S/C11H15NO4/c1-16-11-4-2-9(3-5-11)10(6-7-13)8-12(14)15/h2-5,10,13H,6-8H2,1H3/t10-/m1/s1. The Morgan fingerprint density at radius 3 is 2.50 bits per heavy atom. The van der Waals surface area contributed by atoms with E-state index in [0.29, 0.717) is 12.2 Å². The first-order valence-electron chi connectivity index (χ1n) is 5.04. The number of methoxy groups -OCH3 is 1. The van der Waals surface area contributed by atoms with Crippen LogP contribution in [0.15, 0.2) is 24.3 Å². The molecule has 1 N–H and O–H groups in total. The molecule has 1 aromatic rings. The third kappa shape index (κ3) is 3.51. The van der Waals surface area contributed by atoms with Crippen molar-refractivity contribution < 1.29 is 14.8 Å². The summed E-state index contributed by atoms with van der Waals surface area (Å²) in [5, 5.41) is 19.3. The minimum Gasteiger partial charge on any atom is -0.497 e. The molecule has 0 amide bonds. The third-order valence-electron chi connectivity index (χ3n) is 2.43. The molecule has 5 nitrogen and oxygen atoms in total. The van der Waals surface area contributed by atoms with Crippen LogP contribution < -0.4 is 4.74 Å². The van der Waals surface area contributed by atoms with Gasteiger partial charge in [0.15, 0.2) is 0 Å². The molecule has 0 radical (unpaired) electrons. The summed E-state index contributed by atoms with van der Waals surface area (Å²) < 4.78 is 5.01. The Labute approximate surface area is 93.8 Å². The molecule has 0 aliphatic rings. The van der Waals surface area contributed by atoms with Gasteiger partial charge in [0.1, 0.15) is 5.75 Å². The fraction of sp³-hybridized carbons (Fsp3) is 0.455. The van der Waals surface area contributed by atoms with Gasteiger partial charge in [-0.05, 0) is 24.1 Å². The highest BCUT2D eigenvalue weighted by Crippen LogP contribution is 2.22. The van der Waals surface area contributed by atoms with Crippen LogP contribution in [0.2, 0.25) is 0 Å². The van der Waals surface area contributed by atoms with E-state index < -0.39 is 0 Å². The average molecular weight is 225 g/mol. The van der Waals surface area contributed by atoms with Gasteiger partial charge in [0.25, 0.3) is 0 Å². The highest BCUT2D eigenvalue weighted by Gasteiger charge is 2.17. The van der Waals surface area contributed by atoms with Gasteiger partial charge in [-0.1, -0.05) is 12.1 Å². The van der Waals surface area contributed by atoms with E-state index in [4.69, 9.17) is 9.84 Å². The molecule has 0 unspecified atom stereocenters. The molecule has 1 aromatic carbocycles. The van der Waals surface area contributed by atoms with Crippen LogP contribution >= 0.6 is 0 Å². The average Bonchev–Trinajstić information content (AvgIpc) is 2.28. The zero-order valence-electron chi connectivity index (χ0n) is 9.13. The van der Waals surface area contributed by atoms with Crippen molar-refractivity contribution in [3.05, 3.63) is 39.9 Å². The van der Waals surface area contributed by atoms with Crippen LogP contribution in [0.5, 0.6) is 5.75 Å². The molecule has 0 spiro atoms. The quantitative estimate of drug-likeness (QED) is 0.587. The highest BCUT2D eigenvalue weighted by molar-refractivity contribution is 5.29. The summed E-state index contributed by atoms with van der Waals surface area (Å²) in [6.07, 6.45) is 0.396. The van der Waals surface area contributed by atoms with E-state index in [0.717, 1.165) is 5.56 Å². The zero-order chi connectivity index (χ0) is 12.0. The predicted octanol–water partition coefficient (Wildman–Crippen LogP) is 1.44. The first-order chi connectivity index (χ1) is 7.67. The first kappa shape index (κ1) is 12.4. The van der Waals surface area contributed by atoms with E-state index in [9.17, 15) is 10.1 Å². The molecule has 0 saturated heterocycles. The van der Waals surface area contributed by atoms with Gasteiger partial charge in [0.05, 0.1) is 13.0 Å². The Balaban J connectivity index is 2.79. The monoisotopic (exact) mass is 225 g/mol. The smallest absolute Gasteiger partial charge is 0.210 e. The van der Waals surface area contributed by atoms with Crippen molar-refractivity contribution in [3.63, 3.8) is 0 Å². The molecule has 0 saturated carbocycles. The predicted molar refractivity (Wildman–Crippen MR) is 59.3 cm³/mol. The summed E-state index contributed by atoms with van der Waals surface area (Å²) in [4.78, 5) is 10.1. The molecule has 1 atom stereocenters. The summed E-state index contributed by atoms with van der Waals surface area (Å²) in [5.41, 5.74) is 0.853. The molecule has 16 heavy (non-hydrogen) atoms. The second-order valence-corrected chi connectivity index (χ2v) is 3.50. The van der Waals surface area contributed by atoms with E-state index in [1.165, 1.54) is 0 Å². The molecule has 0 fully saturated rings. The van der Waals surface area contributed by atoms with E-state index in [2.05, 4.69) is 0 Å². The van der Waals surface area contributed by atoms with Crippen LogP contribution in [0.3, 0.4) is 0 Å². The number of hydrogen-bond acceptors (Lipinski definition) is 4. The summed E-state index contributed by atoms with van der Waals surface area (Å²) in [5.74, 6) is 0.471. The molecule has 88 valence electrons. The number of aliphatic hydroxyl groups excluding tert-OH is 1. The van der Waals surface area contributed by atoms with Crippen molar-refractivity contribution in [2.75, 3.05) is 20.3 Å². The Morgan fingerprint density at radius 2 is 2.06 bits per heavy atom. The van der Waals surface area contributed by atoms with Gasteiger partial charge in [-0.2, -0.15) is 0 Å². The lowest BCUT2D eigenvalue weighted by atomic mass is 9.96. The number of nitro groups is 1. The van der Waals surface area contributed by atoms with Crippen molar-refractivity contribution in [1.82, 2.24) is 0 Å². The van der Waals surface area contributed by atoms with Crippen LogP contribution in [0, 0.1) is 10.1 Å². The van der Waals surface area contributed by atoms with Crippen LogP contribution in [-0.4, -0.2) is 30.3 Å². The summed E-state index contributed by atoms with van der Waals surface area (Å²) in [7, 11) is 1.57. The normalized spacial score (nSPS) is 12.1. The first-order valence-corrected chi connectivity index (χ1v) is 5.04. The van der Waals surface area contributed by atoms with Crippen molar-refractivity contribution in [3.8, 4) is 5.75 Å². The topological polar surface area (TPSA) is 72.6 Å². The SMILES string of the molecule is COc1ccc([C@H](CCO)C[N+](=O)[O-])cc1. The Morgan fingerprint density at radius 1 is 1.44 bits per heavy atom. The lowest BCUT2D eigenvalue weighted by Crippen LogP contribution is -2.13. The highest BCUT2D eigenvalue weighted by atomic mass is 16.6. The molecular weight excluding hydrogens is 210 g/mol. The maximum Gasteiger partial charge on any atom is 0.210 e. The zero-order valence-corrected chi connectivity index (χ0v) is 9.13. The molecule has 0 bridgehead atoms. The number of hydrogen-bond donors (Lipinski definition) is 1. The van der Waals surface area contributed by atoms with Gasteiger partial charge in [0, 0.05) is 11.5 Å². The molecule has 0 aliphatic carbocycles. The van der Waals surface area contributed by atoms with Gasteiger partial charge in [0.2, 0.25) is 6.54 Å². The van der Waals surface area contributed by atoms with Gasteiger partial charge in [-0.15, -0.1) is 0 Å². The van der Waals surface area contributed by atoms with Gasteiger partial charge in [-0.3, -0.25) is 10.1 Å². The van der Waals surface area contributed by atoms with Crippen LogP contribution in [0.1, 0.15) is 17.9 Å². The van der Waals surface area contributed by atoms with E-state index in [1.807, 2.05) is 0 Å². The van der Waals surface area contributed by atoms with Crippen molar-refractivity contribution >= 4 is 0 Å². The van der Waals surface area contributed by atoms with Gasteiger partial charge in [-0.25, -0.2) is 0 Å². The fourth-order valence-corrected chi connectivity index (χ4v) is 1.58. The molecule has 5 heteroatoms. The Bertz CT molecular complexity index is 336. The van der Waals surface area contributed by atoms with E-state index >= 15 is 0 Å². The number of nitrogens with zero attached hydrogens (tertiary/aromatic N) is 1. The van der Waals surface area contributed by atoms with Crippen LogP contribution in [0.4, 0.5) is 0 Å². The largest absolute Gasteiger partial charge is 0.497 e. The van der Waals surface area contributed by atoms with Crippen molar-refractivity contribution in [2.45, 2.75) is 12.3 Å². The number of ether oxygens (including phenoxy) is 1. The van der Waals surface area contributed by atoms with Gasteiger partial charge < -0.3 is 9.84 Å². The maximum absolute atomic E-state index is 10.5. The lowest BCUT2D eigenvalue weighted by molar-refractivity contribution is -0.483. The number of rotatable bonds is 6. The lowest BCUT2D eigenvalue weighted by Gasteiger charge is -2.12. The minimum atomic E-state index is -0.357. The van der Waals surface area contributed by atoms with Crippen molar-refractivity contribution in [1.29, 1.82) is 0 Å². The Kier molecular flexibility index (Phi) is 4.72. The van der Waals surface area contributed by atoms with E-state index in [-0.39, 0.29) is 24.0 Å². The second-order valence-electron chi connectivity index (χ2n) is 3.50. The van der Waals surface area contributed by atoms with Crippen molar-refractivity contribution in [2.24, 2.45) is 0 Å².